The number of hydrogen-bond donors (Lipinski definition) is 3. The molecule has 0 saturated heterocycles. The van der Waals surface area contributed by atoms with Crippen LogP contribution in [0.3, 0.4) is 0 Å². The Morgan fingerprint density at radius 1 is 1.24 bits per heavy atom. The molecule has 0 fully saturated rings. The number of aliphatic imine (C=N–C) groups is 1. The first-order valence-corrected chi connectivity index (χ1v) is 7.88. The molecule has 0 aliphatic rings. The van der Waals surface area contributed by atoms with Crippen molar-refractivity contribution in [3.8, 4) is 11.5 Å². The van der Waals surface area contributed by atoms with Crippen LogP contribution in [0.2, 0.25) is 0 Å². The molecular formula is C17H29IN4O3. The first kappa shape index (κ1) is 23.3. The van der Waals surface area contributed by atoms with Gasteiger partial charge in [-0.2, -0.15) is 0 Å². The number of nitrogens with one attached hydrogen (secondary N) is 3. The molecule has 7 nitrogen and oxygen atoms in total. The van der Waals surface area contributed by atoms with Gasteiger partial charge in [-0.25, -0.2) is 0 Å². The lowest BCUT2D eigenvalue weighted by atomic mass is 10.1. The molecule has 0 radical (unpaired) electrons. The van der Waals surface area contributed by atoms with Crippen LogP contribution in [0.15, 0.2) is 23.2 Å². The lowest BCUT2D eigenvalue weighted by Crippen LogP contribution is -2.46. The molecule has 0 aliphatic carbocycles. The Morgan fingerprint density at radius 2 is 1.92 bits per heavy atom. The Bertz CT molecular complexity index is 586. The van der Waals surface area contributed by atoms with E-state index in [0.717, 1.165) is 5.69 Å². The largest absolute Gasteiger partial charge is 0.493 e. The zero-order chi connectivity index (χ0) is 18.2. The van der Waals surface area contributed by atoms with Gasteiger partial charge in [0.15, 0.2) is 17.5 Å². The zero-order valence-electron chi connectivity index (χ0n) is 15.7. The highest BCUT2D eigenvalue weighted by Gasteiger charge is 2.14. The van der Waals surface area contributed by atoms with Crippen LogP contribution in [0.1, 0.15) is 27.7 Å². The molecule has 8 heteroatoms. The van der Waals surface area contributed by atoms with E-state index in [4.69, 9.17) is 9.47 Å². The van der Waals surface area contributed by atoms with E-state index in [1.165, 1.54) is 0 Å². The second-order valence-electron chi connectivity index (χ2n) is 6.15. The summed E-state index contributed by atoms with van der Waals surface area (Å²) in [5.41, 5.74) is 0.515. The van der Waals surface area contributed by atoms with Crippen LogP contribution in [-0.2, 0) is 4.79 Å². The quantitative estimate of drug-likeness (QED) is 0.343. The number of nitrogens with zero attached hydrogens (tertiary/aromatic N) is 1. The molecule has 142 valence electrons. The Kier molecular flexibility index (Phi) is 10.3. The number of hydrogen-bond acceptors (Lipinski definition) is 4. The molecule has 0 aliphatic heterocycles. The van der Waals surface area contributed by atoms with Gasteiger partial charge in [0.2, 0.25) is 5.91 Å². The first-order chi connectivity index (χ1) is 11.3. The third kappa shape index (κ3) is 8.80. The first-order valence-electron chi connectivity index (χ1n) is 7.88. The van der Waals surface area contributed by atoms with Crippen molar-refractivity contribution in [3.63, 3.8) is 0 Å². The highest BCUT2D eigenvalue weighted by atomic mass is 127. The van der Waals surface area contributed by atoms with Gasteiger partial charge in [-0.05, 0) is 39.8 Å². The summed E-state index contributed by atoms with van der Waals surface area (Å²) in [4.78, 5) is 16.0. The minimum atomic E-state index is -0.266. The minimum Gasteiger partial charge on any atom is -0.493 e. The molecule has 1 amide bonds. The average Bonchev–Trinajstić information content (AvgIpc) is 2.50. The van der Waals surface area contributed by atoms with E-state index in [1.807, 2.05) is 45.9 Å². The lowest BCUT2D eigenvalue weighted by Gasteiger charge is -2.21. The van der Waals surface area contributed by atoms with Crippen LogP contribution in [0.4, 0.5) is 5.69 Å². The number of carbonyl (C=O) groups excluding carboxylic acids is 1. The van der Waals surface area contributed by atoms with Crippen LogP contribution in [0, 0.1) is 0 Å². The fraction of sp³-hybridized carbons (Fsp3) is 0.529. The van der Waals surface area contributed by atoms with Crippen molar-refractivity contribution in [1.29, 1.82) is 0 Å². The van der Waals surface area contributed by atoms with Gasteiger partial charge in [-0.15, -0.1) is 24.0 Å². The van der Waals surface area contributed by atoms with Crippen LogP contribution < -0.4 is 25.4 Å². The maximum atomic E-state index is 11.9. The predicted molar refractivity (Wildman–Crippen MR) is 112 cm³/mol. The molecule has 0 atom stereocenters. The number of rotatable bonds is 6. The SMILES string of the molecule is CCOc1cc(NC(=NC)NCC(=O)NC(C)(C)C)ccc1OC.I. The third-order valence-corrected chi connectivity index (χ3v) is 2.88. The summed E-state index contributed by atoms with van der Waals surface area (Å²) >= 11 is 0. The van der Waals surface area contributed by atoms with E-state index < -0.39 is 0 Å². The number of guanidine groups is 1. The maximum Gasteiger partial charge on any atom is 0.239 e. The molecule has 1 rings (SSSR count). The van der Waals surface area contributed by atoms with E-state index in [2.05, 4.69) is 20.9 Å². The fourth-order valence-corrected chi connectivity index (χ4v) is 1.97. The van der Waals surface area contributed by atoms with Gasteiger partial charge in [0, 0.05) is 24.3 Å². The number of halogens is 1. The molecule has 25 heavy (non-hydrogen) atoms. The summed E-state index contributed by atoms with van der Waals surface area (Å²) in [6.45, 7) is 8.39. The number of amides is 1. The van der Waals surface area contributed by atoms with E-state index >= 15 is 0 Å². The predicted octanol–water partition coefficient (Wildman–Crippen LogP) is 2.61. The standard InChI is InChI=1S/C17H28N4O3.HI/c1-7-24-14-10-12(8-9-13(14)23-6)20-16(18-5)19-11-15(22)21-17(2,3)4;/h8-10H,7,11H2,1-6H3,(H,21,22)(H2,18,19,20);1H. The molecule has 0 bridgehead atoms. The highest BCUT2D eigenvalue weighted by Crippen LogP contribution is 2.30. The topological polar surface area (TPSA) is 84.0 Å². The normalized spacial score (nSPS) is 11.2. The van der Waals surface area contributed by atoms with Crippen LogP contribution in [0.5, 0.6) is 11.5 Å². The van der Waals surface area contributed by atoms with Crippen molar-refractivity contribution in [3.05, 3.63) is 18.2 Å². The molecule has 0 heterocycles. The van der Waals surface area contributed by atoms with E-state index in [1.54, 1.807) is 14.2 Å². The molecule has 0 saturated carbocycles. The maximum absolute atomic E-state index is 11.9. The van der Waals surface area contributed by atoms with Crippen molar-refractivity contribution in [2.75, 3.05) is 32.6 Å². The van der Waals surface area contributed by atoms with E-state index in [-0.39, 0.29) is 42.0 Å². The van der Waals surface area contributed by atoms with Crippen molar-refractivity contribution in [2.45, 2.75) is 33.2 Å². The molecule has 0 aromatic heterocycles. The second-order valence-corrected chi connectivity index (χ2v) is 6.15. The van der Waals surface area contributed by atoms with E-state index in [0.29, 0.717) is 24.1 Å². The highest BCUT2D eigenvalue weighted by molar-refractivity contribution is 14.0. The molecular weight excluding hydrogens is 435 g/mol. The van der Waals surface area contributed by atoms with Gasteiger partial charge < -0.3 is 25.4 Å². The molecule has 1 aromatic rings. The Balaban J connectivity index is 0.00000576. The average molecular weight is 464 g/mol. The van der Waals surface area contributed by atoms with Gasteiger partial charge in [-0.1, -0.05) is 0 Å². The summed E-state index contributed by atoms with van der Waals surface area (Å²) in [5.74, 6) is 1.70. The van der Waals surface area contributed by atoms with Gasteiger partial charge >= 0.3 is 0 Å². The monoisotopic (exact) mass is 464 g/mol. The summed E-state index contributed by atoms with van der Waals surface area (Å²) in [7, 11) is 3.24. The van der Waals surface area contributed by atoms with Crippen molar-refractivity contribution >= 4 is 41.5 Å². The molecule has 0 spiro atoms. The Morgan fingerprint density at radius 3 is 2.44 bits per heavy atom. The number of benzene rings is 1. The summed E-state index contributed by atoms with van der Waals surface area (Å²) in [6, 6.07) is 5.49. The zero-order valence-corrected chi connectivity index (χ0v) is 18.1. The van der Waals surface area contributed by atoms with Crippen molar-refractivity contribution in [1.82, 2.24) is 10.6 Å². The fourth-order valence-electron chi connectivity index (χ4n) is 1.97. The minimum absolute atomic E-state index is 0. The van der Waals surface area contributed by atoms with Gasteiger partial charge in [0.25, 0.3) is 0 Å². The van der Waals surface area contributed by atoms with Crippen LogP contribution in [0.25, 0.3) is 0 Å². The molecule has 3 N–H and O–H groups in total. The summed E-state index contributed by atoms with van der Waals surface area (Å²) in [6.07, 6.45) is 0. The van der Waals surface area contributed by atoms with Gasteiger partial charge in [-0.3, -0.25) is 9.79 Å². The van der Waals surface area contributed by atoms with Crippen molar-refractivity contribution in [2.24, 2.45) is 4.99 Å². The van der Waals surface area contributed by atoms with Crippen molar-refractivity contribution < 1.29 is 14.3 Å². The number of ether oxygens (including phenoxy) is 2. The Labute approximate surface area is 167 Å². The van der Waals surface area contributed by atoms with Crippen LogP contribution in [-0.4, -0.2) is 44.7 Å². The summed E-state index contributed by atoms with van der Waals surface area (Å²) < 4.78 is 10.8. The second kappa shape index (κ2) is 11.0. The lowest BCUT2D eigenvalue weighted by molar-refractivity contribution is -0.121. The summed E-state index contributed by atoms with van der Waals surface area (Å²) in [5, 5.41) is 8.98. The smallest absolute Gasteiger partial charge is 0.239 e. The van der Waals surface area contributed by atoms with Crippen LogP contribution >= 0.6 is 24.0 Å². The Hall–Kier alpha value is -1.71. The van der Waals surface area contributed by atoms with Gasteiger partial charge in [0.05, 0.1) is 20.3 Å². The third-order valence-electron chi connectivity index (χ3n) is 2.88. The molecule has 1 aromatic carbocycles. The van der Waals surface area contributed by atoms with E-state index in [9.17, 15) is 4.79 Å². The number of anilines is 1. The number of carbonyl (C=O) groups is 1. The molecule has 0 unspecified atom stereocenters. The van der Waals surface area contributed by atoms with Gasteiger partial charge in [0.1, 0.15) is 0 Å². The number of methoxy groups -OCH3 is 1.